The van der Waals surface area contributed by atoms with Crippen LogP contribution in [0.15, 0.2) is 24.4 Å². The number of carbonyl (C=O) groups is 1. The minimum Gasteiger partial charge on any atom is -0.493 e. The van der Waals surface area contributed by atoms with Crippen molar-refractivity contribution >= 4 is 5.78 Å². The summed E-state index contributed by atoms with van der Waals surface area (Å²) in [7, 11) is 2.68. The maximum absolute atomic E-state index is 13.7. The molecule has 0 aliphatic carbocycles. The molecule has 0 saturated heterocycles. The number of alkyl halides is 3. The summed E-state index contributed by atoms with van der Waals surface area (Å²) in [6.07, 6.45) is -3.45. The second-order valence-corrected chi connectivity index (χ2v) is 4.21. The molecule has 4 nitrogen and oxygen atoms in total. The number of ether oxygens (including phenoxy) is 1. The lowest BCUT2D eigenvalue weighted by Gasteiger charge is -2.10. The van der Waals surface area contributed by atoms with Gasteiger partial charge in [0.05, 0.1) is 24.4 Å². The Labute approximate surface area is 116 Å². The van der Waals surface area contributed by atoms with Crippen LogP contribution < -0.4 is 4.74 Å². The average Bonchev–Trinajstić information content (AvgIpc) is 2.78. The number of rotatable bonds is 3. The number of benzene rings is 1. The van der Waals surface area contributed by atoms with Gasteiger partial charge in [0.1, 0.15) is 5.82 Å². The predicted molar refractivity (Wildman–Crippen MR) is 64.6 cm³/mol. The third-order valence-corrected chi connectivity index (χ3v) is 2.88. The first kappa shape index (κ1) is 15.0. The Morgan fingerprint density at radius 1 is 1.33 bits per heavy atom. The molecule has 0 radical (unpaired) electrons. The monoisotopic (exact) mass is 302 g/mol. The van der Waals surface area contributed by atoms with Crippen molar-refractivity contribution in [1.29, 1.82) is 0 Å². The molecule has 21 heavy (non-hydrogen) atoms. The van der Waals surface area contributed by atoms with Crippen molar-refractivity contribution in [3.8, 4) is 5.75 Å². The van der Waals surface area contributed by atoms with Crippen LogP contribution in [-0.4, -0.2) is 22.7 Å². The Morgan fingerprint density at radius 3 is 2.57 bits per heavy atom. The van der Waals surface area contributed by atoms with Crippen LogP contribution in [-0.2, 0) is 13.2 Å². The topological polar surface area (TPSA) is 44.1 Å². The fourth-order valence-corrected chi connectivity index (χ4v) is 1.83. The van der Waals surface area contributed by atoms with E-state index in [0.29, 0.717) is 18.2 Å². The maximum Gasteiger partial charge on any atom is 0.416 e. The van der Waals surface area contributed by atoms with E-state index in [1.54, 1.807) is 0 Å². The van der Waals surface area contributed by atoms with E-state index in [-0.39, 0.29) is 11.4 Å². The van der Waals surface area contributed by atoms with Gasteiger partial charge in [-0.15, -0.1) is 0 Å². The molecule has 0 aliphatic heterocycles. The van der Waals surface area contributed by atoms with Crippen LogP contribution >= 0.6 is 0 Å². The van der Waals surface area contributed by atoms with Gasteiger partial charge in [-0.3, -0.25) is 9.48 Å². The molecule has 0 amide bonds. The van der Waals surface area contributed by atoms with E-state index in [0.717, 1.165) is 4.68 Å². The Hall–Kier alpha value is -2.38. The van der Waals surface area contributed by atoms with Crippen molar-refractivity contribution < 1.29 is 27.1 Å². The van der Waals surface area contributed by atoms with E-state index < -0.39 is 28.9 Å². The number of nitrogens with zero attached hydrogens (tertiary/aromatic N) is 2. The van der Waals surface area contributed by atoms with Crippen LogP contribution in [0.3, 0.4) is 0 Å². The normalized spacial score (nSPS) is 11.5. The lowest BCUT2D eigenvalue weighted by molar-refractivity contribution is -0.137. The lowest BCUT2D eigenvalue weighted by atomic mass is 10.0. The van der Waals surface area contributed by atoms with Crippen LogP contribution in [0.2, 0.25) is 0 Å². The van der Waals surface area contributed by atoms with E-state index in [1.807, 2.05) is 0 Å². The Kier molecular flexibility index (Phi) is 3.71. The Morgan fingerprint density at radius 2 is 2.00 bits per heavy atom. The van der Waals surface area contributed by atoms with E-state index >= 15 is 0 Å². The van der Waals surface area contributed by atoms with E-state index in [2.05, 4.69) is 5.10 Å². The summed E-state index contributed by atoms with van der Waals surface area (Å²) in [6.45, 7) is 0. The molecule has 0 N–H and O–H groups in total. The number of aromatic nitrogens is 2. The van der Waals surface area contributed by atoms with Gasteiger partial charge in [-0.05, 0) is 18.2 Å². The molecule has 112 valence electrons. The van der Waals surface area contributed by atoms with Crippen molar-refractivity contribution in [2.24, 2.45) is 7.05 Å². The summed E-state index contributed by atoms with van der Waals surface area (Å²) in [5, 5.41) is 3.76. The minimum absolute atomic E-state index is 0.0549. The summed E-state index contributed by atoms with van der Waals surface area (Å²) in [6, 6.07) is 1.66. The highest BCUT2D eigenvalue weighted by atomic mass is 19.4. The van der Waals surface area contributed by atoms with Gasteiger partial charge in [-0.2, -0.15) is 18.3 Å². The number of methoxy groups -OCH3 is 1. The lowest BCUT2D eigenvalue weighted by Crippen LogP contribution is -2.13. The Bertz CT molecular complexity index is 692. The van der Waals surface area contributed by atoms with E-state index in [4.69, 9.17) is 4.74 Å². The second-order valence-electron chi connectivity index (χ2n) is 4.21. The zero-order chi connectivity index (χ0) is 15.8. The molecule has 2 aromatic rings. The zero-order valence-electron chi connectivity index (χ0n) is 11.0. The molecule has 0 fully saturated rings. The fraction of sp³-hybridized carbons (Fsp3) is 0.231. The highest BCUT2D eigenvalue weighted by molar-refractivity contribution is 6.09. The molecule has 0 aliphatic rings. The predicted octanol–water partition coefficient (Wildman–Crippen LogP) is 2.82. The molecule has 0 spiro atoms. The maximum atomic E-state index is 13.7. The van der Waals surface area contributed by atoms with Gasteiger partial charge in [0.15, 0.2) is 11.4 Å². The summed E-state index contributed by atoms with van der Waals surface area (Å²) >= 11 is 0. The van der Waals surface area contributed by atoms with Gasteiger partial charge in [0.25, 0.3) is 0 Å². The first-order chi connectivity index (χ1) is 9.75. The molecule has 0 atom stereocenters. The molecular formula is C13H10F4N2O2. The number of halogens is 4. The molecule has 0 unspecified atom stereocenters. The zero-order valence-corrected chi connectivity index (χ0v) is 11.0. The van der Waals surface area contributed by atoms with Gasteiger partial charge in [0.2, 0.25) is 5.78 Å². The molecule has 8 heteroatoms. The van der Waals surface area contributed by atoms with Gasteiger partial charge in [-0.1, -0.05) is 0 Å². The average molecular weight is 302 g/mol. The quantitative estimate of drug-likeness (QED) is 0.647. The van der Waals surface area contributed by atoms with Crippen LogP contribution in [0.1, 0.15) is 21.6 Å². The standard InChI is InChI=1S/C13H10F4N2O2/c1-19-11(10(21-2)6-18-19)12(20)8-5-7(13(15,16)17)3-4-9(8)14/h3-6H,1-2H3. The Balaban J connectivity index is 2.55. The highest BCUT2D eigenvalue weighted by Gasteiger charge is 2.32. The third-order valence-electron chi connectivity index (χ3n) is 2.88. The van der Waals surface area contributed by atoms with Crippen LogP contribution in [0.4, 0.5) is 17.6 Å². The summed E-state index contributed by atoms with van der Waals surface area (Å²) in [5.41, 5.74) is -1.92. The number of hydrogen-bond acceptors (Lipinski definition) is 3. The van der Waals surface area contributed by atoms with Gasteiger partial charge < -0.3 is 4.74 Å². The van der Waals surface area contributed by atoms with Gasteiger partial charge in [0, 0.05) is 7.05 Å². The largest absolute Gasteiger partial charge is 0.493 e. The number of aryl methyl sites for hydroxylation is 1. The third kappa shape index (κ3) is 2.74. The SMILES string of the molecule is COc1cnn(C)c1C(=O)c1cc(C(F)(F)F)ccc1F. The first-order valence-corrected chi connectivity index (χ1v) is 5.73. The van der Waals surface area contributed by atoms with Crippen molar-refractivity contribution in [3.63, 3.8) is 0 Å². The van der Waals surface area contributed by atoms with Crippen molar-refractivity contribution in [3.05, 3.63) is 47.0 Å². The van der Waals surface area contributed by atoms with Gasteiger partial charge >= 0.3 is 6.18 Å². The minimum atomic E-state index is -4.67. The highest BCUT2D eigenvalue weighted by Crippen LogP contribution is 2.31. The van der Waals surface area contributed by atoms with Crippen molar-refractivity contribution in [1.82, 2.24) is 9.78 Å². The van der Waals surface area contributed by atoms with Crippen LogP contribution in [0.5, 0.6) is 5.75 Å². The molecular weight excluding hydrogens is 292 g/mol. The number of ketones is 1. The number of hydrogen-bond donors (Lipinski definition) is 0. The molecule has 0 saturated carbocycles. The van der Waals surface area contributed by atoms with Crippen molar-refractivity contribution in [2.45, 2.75) is 6.18 Å². The smallest absolute Gasteiger partial charge is 0.416 e. The van der Waals surface area contributed by atoms with Crippen LogP contribution in [0.25, 0.3) is 0 Å². The molecule has 2 rings (SSSR count). The number of carbonyl (C=O) groups excluding carboxylic acids is 1. The summed E-state index contributed by atoms with van der Waals surface area (Å²) in [5.74, 6) is -1.92. The molecule has 1 aromatic heterocycles. The van der Waals surface area contributed by atoms with E-state index in [1.165, 1.54) is 20.4 Å². The fourth-order valence-electron chi connectivity index (χ4n) is 1.83. The van der Waals surface area contributed by atoms with Gasteiger partial charge in [-0.25, -0.2) is 4.39 Å². The molecule has 0 bridgehead atoms. The first-order valence-electron chi connectivity index (χ1n) is 5.73. The molecule has 1 aromatic carbocycles. The summed E-state index contributed by atoms with van der Waals surface area (Å²) in [4.78, 5) is 12.3. The van der Waals surface area contributed by atoms with Crippen LogP contribution in [0, 0.1) is 5.82 Å². The summed E-state index contributed by atoms with van der Waals surface area (Å²) < 4.78 is 57.7. The van der Waals surface area contributed by atoms with E-state index in [9.17, 15) is 22.4 Å². The van der Waals surface area contributed by atoms with Crippen molar-refractivity contribution in [2.75, 3.05) is 7.11 Å². The molecule has 1 heterocycles. The second kappa shape index (κ2) is 5.19.